The van der Waals surface area contributed by atoms with Gasteiger partial charge in [0.25, 0.3) is 5.91 Å². The highest BCUT2D eigenvalue weighted by Gasteiger charge is 2.31. The molecule has 0 spiro atoms. The summed E-state index contributed by atoms with van der Waals surface area (Å²) < 4.78 is 4.54. The number of benzene rings is 2. The Morgan fingerprint density at radius 2 is 1.71 bits per heavy atom. The number of carbonyl (C=O) groups excluding carboxylic acids is 3. The van der Waals surface area contributed by atoms with Crippen LogP contribution in [0.4, 0.5) is 5.69 Å². The summed E-state index contributed by atoms with van der Waals surface area (Å²) in [6, 6.07) is 13.2. The Bertz CT molecular complexity index is 1120. The SMILES string of the molecule is C=C(NC(=O)C(=C)N1Cc2c(cccc2-c2ccc(NC(C)=O)cc2)C1=S)C(=O)OC. The minimum Gasteiger partial charge on any atom is -0.464 e. The van der Waals surface area contributed by atoms with Gasteiger partial charge in [-0.25, -0.2) is 4.79 Å². The van der Waals surface area contributed by atoms with Crippen LogP contribution in [0.5, 0.6) is 0 Å². The number of thiocarbonyl (C=S) groups is 1. The third-order valence-electron chi connectivity index (χ3n) is 4.77. The fourth-order valence-electron chi connectivity index (χ4n) is 3.26. The van der Waals surface area contributed by atoms with Crippen molar-refractivity contribution in [1.82, 2.24) is 10.2 Å². The van der Waals surface area contributed by atoms with Crippen LogP contribution in [0.15, 0.2) is 67.0 Å². The third-order valence-corrected chi connectivity index (χ3v) is 5.21. The molecule has 0 saturated heterocycles. The molecule has 3 rings (SSSR count). The Kier molecular flexibility index (Phi) is 6.31. The maximum absolute atomic E-state index is 12.5. The maximum Gasteiger partial charge on any atom is 0.353 e. The first-order valence-electron chi connectivity index (χ1n) is 9.32. The van der Waals surface area contributed by atoms with Crippen molar-refractivity contribution in [2.24, 2.45) is 0 Å². The van der Waals surface area contributed by atoms with Gasteiger partial charge < -0.3 is 20.3 Å². The molecule has 2 aromatic rings. The predicted molar refractivity (Wildman–Crippen MR) is 122 cm³/mol. The molecule has 2 N–H and O–H groups in total. The highest BCUT2D eigenvalue weighted by Crippen LogP contribution is 2.35. The van der Waals surface area contributed by atoms with Crippen LogP contribution in [0.25, 0.3) is 11.1 Å². The minimum absolute atomic E-state index is 0.0956. The Morgan fingerprint density at radius 1 is 1.06 bits per heavy atom. The van der Waals surface area contributed by atoms with Gasteiger partial charge in [-0.2, -0.15) is 0 Å². The zero-order chi connectivity index (χ0) is 22.7. The summed E-state index contributed by atoms with van der Waals surface area (Å²) in [7, 11) is 1.20. The molecule has 0 unspecified atom stereocenters. The normalized spacial score (nSPS) is 12.1. The van der Waals surface area contributed by atoms with Gasteiger partial charge in [0.1, 0.15) is 16.4 Å². The lowest BCUT2D eigenvalue weighted by Gasteiger charge is -2.20. The van der Waals surface area contributed by atoms with Crippen molar-refractivity contribution in [2.75, 3.05) is 12.4 Å². The topological polar surface area (TPSA) is 87.7 Å². The van der Waals surface area contributed by atoms with Crippen LogP contribution in [0.3, 0.4) is 0 Å². The van der Waals surface area contributed by atoms with Gasteiger partial charge in [0.15, 0.2) is 0 Å². The van der Waals surface area contributed by atoms with Crippen molar-refractivity contribution >= 4 is 40.7 Å². The number of fused-ring (bicyclic) bond motifs is 1. The zero-order valence-electron chi connectivity index (χ0n) is 17.2. The molecule has 1 aliphatic rings. The lowest BCUT2D eigenvalue weighted by atomic mass is 9.97. The van der Waals surface area contributed by atoms with Crippen LogP contribution < -0.4 is 10.6 Å². The van der Waals surface area contributed by atoms with E-state index < -0.39 is 11.9 Å². The second-order valence-electron chi connectivity index (χ2n) is 6.85. The third kappa shape index (κ3) is 4.54. The Labute approximate surface area is 185 Å². The molecule has 2 amide bonds. The van der Waals surface area contributed by atoms with Crippen molar-refractivity contribution in [1.29, 1.82) is 0 Å². The van der Waals surface area contributed by atoms with E-state index in [1.54, 1.807) is 4.90 Å². The first kappa shape index (κ1) is 21.9. The van der Waals surface area contributed by atoms with E-state index in [2.05, 4.69) is 28.5 Å². The fourth-order valence-corrected chi connectivity index (χ4v) is 3.63. The van der Waals surface area contributed by atoms with E-state index in [-0.39, 0.29) is 17.3 Å². The first-order chi connectivity index (χ1) is 14.7. The molecule has 7 nitrogen and oxygen atoms in total. The number of esters is 1. The maximum atomic E-state index is 12.5. The molecule has 1 aliphatic heterocycles. The summed E-state index contributed by atoms with van der Waals surface area (Å²) in [6.07, 6.45) is 0. The monoisotopic (exact) mass is 435 g/mol. The predicted octanol–water partition coefficient (Wildman–Crippen LogP) is 3.12. The number of methoxy groups -OCH3 is 1. The number of rotatable bonds is 6. The summed E-state index contributed by atoms with van der Waals surface area (Å²) in [6.45, 7) is 9.14. The van der Waals surface area contributed by atoms with Gasteiger partial charge in [-0.15, -0.1) is 0 Å². The molecule has 8 heteroatoms. The molecule has 0 aliphatic carbocycles. The van der Waals surface area contributed by atoms with E-state index >= 15 is 0 Å². The molecule has 2 aromatic carbocycles. The van der Waals surface area contributed by atoms with E-state index in [9.17, 15) is 14.4 Å². The van der Waals surface area contributed by atoms with Crippen LogP contribution in [-0.4, -0.2) is 34.8 Å². The number of amides is 2. The van der Waals surface area contributed by atoms with Crippen molar-refractivity contribution in [3.63, 3.8) is 0 Å². The van der Waals surface area contributed by atoms with Gasteiger partial charge in [-0.05, 0) is 28.8 Å². The van der Waals surface area contributed by atoms with Crippen LogP contribution in [0.2, 0.25) is 0 Å². The Morgan fingerprint density at radius 3 is 2.32 bits per heavy atom. The average Bonchev–Trinajstić information content (AvgIpc) is 3.09. The summed E-state index contributed by atoms with van der Waals surface area (Å²) in [5.41, 5.74) is 4.32. The van der Waals surface area contributed by atoms with Gasteiger partial charge in [-0.3, -0.25) is 9.59 Å². The van der Waals surface area contributed by atoms with Gasteiger partial charge in [0.05, 0.1) is 13.7 Å². The first-order valence-corrected chi connectivity index (χ1v) is 9.73. The molecule has 0 fully saturated rings. The number of anilines is 1. The molecule has 0 atom stereocenters. The number of hydrogen-bond acceptors (Lipinski definition) is 5. The molecule has 0 bridgehead atoms. The highest BCUT2D eigenvalue weighted by atomic mass is 32.1. The lowest BCUT2D eigenvalue weighted by Crippen LogP contribution is -2.35. The van der Waals surface area contributed by atoms with Crippen LogP contribution >= 0.6 is 12.2 Å². The molecule has 158 valence electrons. The van der Waals surface area contributed by atoms with E-state index in [0.717, 1.165) is 22.3 Å². The van der Waals surface area contributed by atoms with Crippen LogP contribution in [-0.2, 0) is 25.7 Å². The van der Waals surface area contributed by atoms with Crippen LogP contribution in [0, 0.1) is 0 Å². The number of nitrogens with zero attached hydrogens (tertiary/aromatic N) is 1. The second kappa shape index (κ2) is 8.93. The molecular weight excluding hydrogens is 414 g/mol. The van der Waals surface area contributed by atoms with E-state index in [1.165, 1.54) is 14.0 Å². The standard InChI is InChI=1S/C23H21N3O4S/c1-13(23(29)30-4)24-21(28)14(2)26-12-20-18(6-5-7-19(20)22(26)31)16-8-10-17(11-9-16)25-15(3)27/h5-11H,1-2,12H2,3-4H3,(H,24,28)(H,25,27). The number of carbonyl (C=O) groups is 3. The number of hydrogen-bond donors (Lipinski definition) is 2. The summed E-state index contributed by atoms with van der Waals surface area (Å²) in [5, 5.41) is 5.12. The van der Waals surface area contributed by atoms with E-state index in [4.69, 9.17) is 12.2 Å². The van der Waals surface area contributed by atoms with Crippen LogP contribution in [0.1, 0.15) is 18.1 Å². The van der Waals surface area contributed by atoms with Crippen molar-refractivity contribution in [3.8, 4) is 11.1 Å². The van der Waals surface area contributed by atoms with Gasteiger partial charge in [0.2, 0.25) is 5.91 Å². The molecule has 0 radical (unpaired) electrons. The highest BCUT2D eigenvalue weighted by molar-refractivity contribution is 7.80. The van der Waals surface area contributed by atoms with Crippen molar-refractivity contribution in [2.45, 2.75) is 13.5 Å². The van der Waals surface area contributed by atoms with E-state index in [0.29, 0.717) is 17.2 Å². The van der Waals surface area contributed by atoms with Gasteiger partial charge in [-0.1, -0.05) is 55.7 Å². The fraction of sp³-hybridized carbons (Fsp3) is 0.130. The zero-order valence-corrected chi connectivity index (χ0v) is 18.0. The molecule has 0 saturated carbocycles. The van der Waals surface area contributed by atoms with Crippen molar-refractivity contribution in [3.05, 3.63) is 78.1 Å². The van der Waals surface area contributed by atoms with Crippen molar-refractivity contribution < 1.29 is 19.1 Å². The van der Waals surface area contributed by atoms with E-state index in [1.807, 2.05) is 42.5 Å². The Balaban J connectivity index is 1.83. The summed E-state index contributed by atoms with van der Waals surface area (Å²) in [4.78, 5) is 37.3. The lowest BCUT2D eigenvalue weighted by molar-refractivity contribution is -0.137. The molecular formula is C23H21N3O4S. The molecule has 0 aromatic heterocycles. The average molecular weight is 436 g/mol. The Hall–Kier alpha value is -3.78. The molecule has 1 heterocycles. The number of ether oxygens (including phenoxy) is 1. The summed E-state index contributed by atoms with van der Waals surface area (Å²) in [5.74, 6) is -1.47. The second-order valence-corrected chi connectivity index (χ2v) is 7.24. The largest absolute Gasteiger partial charge is 0.464 e. The minimum atomic E-state index is -0.738. The molecule has 31 heavy (non-hydrogen) atoms. The quantitative estimate of drug-likeness (QED) is 0.412. The smallest absolute Gasteiger partial charge is 0.353 e. The van der Waals surface area contributed by atoms with Gasteiger partial charge in [0, 0.05) is 18.2 Å². The van der Waals surface area contributed by atoms with Gasteiger partial charge >= 0.3 is 5.97 Å². The summed E-state index contributed by atoms with van der Waals surface area (Å²) >= 11 is 5.58. The number of nitrogens with one attached hydrogen (secondary N) is 2.